The molecule has 1 heterocycles. The van der Waals surface area contributed by atoms with E-state index in [2.05, 4.69) is 5.32 Å². The molecule has 6 heteroatoms. The number of phenolic OH excluding ortho intramolecular Hbond substituents is 1. The highest BCUT2D eigenvalue weighted by atomic mass is 19.1. The van der Waals surface area contributed by atoms with Crippen molar-refractivity contribution in [2.45, 2.75) is 25.7 Å². The van der Waals surface area contributed by atoms with Gasteiger partial charge >= 0.3 is 0 Å². The lowest BCUT2D eigenvalue weighted by Crippen LogP contribution is -2.34. The van der Waals surface area contributed by atoms with Gasteiger partial charge in [0.1, 0.15) is 17.7 Å². The molecule has 0 aliphatic carbocycles. The lowest BCUT2D eigenvalue weighted by atomic mass is 10.2. The van der Waals surface area contributed by atoms with Gasteiger partial charge in [-0.1, -0.05) is 0 Å². The van der Waals surface area contributed by atoms with Crippen molar-refractivity contribution in [3.8, 4) is 5.75 Å². The highest BCUT2D eigenvalue weighted by Crippen LogP contribution is 2.22. The van der Waals surface area contributed by atoms with Gasteiger partial charge in [-0.2, -0.15) is 0 Å². The average Bonchev–Trinajstić information content (AvgIpc) is 2.69. The third-order valence-corrected chi connectivity index (χ3v) is 2.76. The van der Waals surface area contributed by atoms with E-state index in [9.17, 15) is 14.3 Å². The number of nitrogens with one attached hydrogen (secondary N) is 1. The highest BCUT2D eigenvalue weighted by Gasteiger charge is 2.32. The molecule has 1 aromatic rings. The Morgan fingerprint density at radius 1 is 1.58 bits per heavy atom. The summed E-state index contributed by atoms with van der Waals surface area (Å²) in [6, 6.07) is 3.21. The van der Waals surface area contributed by atoms with E-state index >= 15 is 0 Å². The number of ether oxygens (including phenoxy) is 2. The van der Waals surface area contributed by atoms with Crippen molar-refractivity contribution in [2.24, 2.45) is 0 Å². The SMILES string of the molecule is CC1(C)OCC(CNC(=O)c2cc(F)ccc2O)O1. The average molecular weight is 269 g/mol. The number of carbonyl (C=O) groups excluding carboxylic acids is 1. The number of amides is 1. The van der Waals surface area contributed by atoms with E-state index in [1.165, 1.54) is 0 Å². The molecule has 5 nitrogen and oxygen atoms in total. The van der Waals surface area contributed by atoms with Gasteiger partial charge < -0.3 is 19.9 Å². The first-order valence-electron chi connectivity index (χ1n) is 5.96. The molecule has 2 N–H and O–H groups in total. The maximum atomic E-state index is 13.0. The smallest absolute Gasteiger partial charge is 0.255 e. The Kier molecular flexibility index (Phi) is 3.73. The maximum absolute atomic E-state index is 13.0. The van der Waals surface area contributed by atoms with Crippen LogP contribution in [0.3, 0.4) is 0 Å². The van der Waals surface area contributed by atoms with Gasteiger partial charge in [-0.15, -0.1) is 0 Å². The molecule has 0 spiro atoms. The fourth-order valence-electron chi connectivity index (χ4n) is 1.86. The topological polar surface area (TPSA) is 67.8 Å². The predicted molar refractivity (Wildman–Crippen MR) is 65.3 cm³/mol. The van der Waals surface area contributed by atoms with Crippen LogP contribution in [0.15, 0.2) is 18.2 Å². The van der Waals surface area contributed by atoms with Crippen LogP contribution >= 0.6 is 0 Å². The number of rotatable bonds is 3. The Labute approximate surface area is 110 Å². The van der Waals surface area contributed by atoms with Gasteiger partial charge in [0, 0.05) is 6.54 Å². The van der Waals surface area contributed by atoms with Gasteiger partial charge in [-0.05, 0) is 32.0 Å². The quantitative estimate of drug-likeness (QED) is 0.870. The Balaban J connectivity index is 1.93. The zero-order valence-corrected chi connectivity index (χ0v) is 10.8. The molecular weight excluding hydrogens is 253 g/mol. The maximum Gasteiger partial charge on any atom is 0.255 e. The zero-order chi connectivity index (χ0) is 14.0. The molecule has 104 valence electrons. The third-order valence-electron chi connectivity index (χ3n) is 2.76. The number of benzene rings is 1. The molecule has 1 aliphatic rings. The summed E-state index contributed by atoms with van der Waals surface area (Å²) in [4.78, 5) is 11.8. The minimum absolute atomic E-state index is 0.0989. The summed E-state index contributed by atoms with van der Waals surface area (Å²) in [7, 11) is 0. The molecule has 0 radical (unpaired) electrons. The summed E-state index contributed by atoms with van der Waals surface area (Å²) in [5.41, 5.74) is -0.0989. The van der Waals surface area contributed by atoms with Crippen LogP contribution in [0.1, 0.15) is 24.2 Å². The van der Waals surface area contributed by atoms with Crippen molar-refractivity contribution in [1.29, 1.82) is 0 Å². The van der Waals surface area contributed by atoms with Crippen LogP contribution in [-0.2, 0) is 9.47 Å². The second-order valence-electron chi connectivity index (χ2n) is 4.82. The number of aromatic hydroxyl groups is 1. The molecule has 1 aromatic carbocycles. The van der Waals surface area contributed by atoms with Gasteiger partial charge in [0.2, 0.25) is 0 Å². The van der Waals surface area contributed by atoms with Crippen LogP contribution in [0.25, 0.3) is 0 Å². The Bertz CT molecular complexity index is 490. The molecule has 0 bridgehead atoms. The molecule has 0 aromatic heterocycles. The van der Waals surface area contributed by atoms with Crippen molar-refractivity contribution in [1.82, 2.24) is 5.32 Å². The Morgan fingerprint density at radius 2 is 2.32 bits per heavy atom. The van der Waals surface area contributed by atoms with Crippen molar-refractivity contribution in [2.75, 3.05) is 13.2 Å². The summed E-state index contributed by atoms with van der Waals surface area (Å²) in [6.07, 6.45) is -0.255. The summed E-state index contributed by atoms with van der Waals surface area (Å²) < 4.78 is 23.9. The fraction of sp³-hybridized carbons (Fsp3) is 0.462. The number of hydrogen-bond donors (Lipinski definition) is 2. The standard InChI is InChI=1S/C13H16FNO4/c1-13(2)18-7-9(19-13)6-15-12(17)10-5-8(14)3-4-11(10)16/h3-5,9,16H,6-7H2,1-2H3,(H,15,17). The highest BCUT2D eigenvalue weighted by molar-refractivity contribution is 5.96. The Hall–Kier alpha value is -1.66. The van der Waals surface area contributed by atoms with E-state index in [1.54, 1.807) is 13.8 Å². The number of carbonyl (C=O) groups is 1. The van der Waals surface area contributed by atoms with Crippen LogP contribution in [0.5, 0.6) is 5.75 Å². The monoisotopic (exact) mass is 269 g/mol. The molecule has 1 fully saturated rings. The lowest BCUT2D eigenvalue weighted by molar-refractivity contribution is -0.137. The molecule has 1 atom stereocenters. The van der Waals surface area contributed by atoms with Gasteiger partial charge in [0.05, 0.1) is 12.2 Å². The van der Waals surface area contributed by atoms with Crippen LogP contribution in [0, 0.1) is 5.82 Å². The van der Waals surface area contributed by atoms with E-state index in [0.29, 0.717) is 6.61 Å². The molecule has 1 unspecified atom stereocenters. The van der Waals surface area contributed by atoms with E-state index in [1.807, 2.05) is 0 Å². The lowest BCUT2D eigenvalue weighted by Gasteiger charge is -2.17. The van der Waals surface area contributed by atoms with E-state index in [0.717, 1.165) is 18.2 Å². The zero-order valence-electron chi connectivity index (χ0n) is 10.8. The second-order valence-corrected chi connectivity index (χ2v) is 4.82. The minimum Gasteiger partial charge on any atom is -0.507 e. The normalized spacial score (nSPS) is 21.3. The number of halogens is 1. The fourth-order valence-corrected chi connectivity index (χ4v) is 1.86. The van der Waals surface area contributed by atoms with Gasteiger partial charge in [0.25, 0.3) is 5.91 Å². The van der Waals surface area contributed by atoms with Crippen LogP contribution in [0.4, 0.5) is 4.39 Å². The van der Waals surface area contributed by atoms with Crippen LogP contribution in [0.2, 0.25) is 0 Å². The first-order chi connectivity index (χ1) is 8.87. The van der Waals surface area contributed by atoms with E-state index in [4.69, 9.17) is 9.47 Å². The first kappa shape index (κ1) is 13.8. The van der Waals surface area contributed by atoms with E-state index in [-0.39, 0.29) is 24.0 Å². The molecule has 1 aliphatic heterocycles. The van der Waals surface area contributed by atoms with Crippen molar-refractivity contribution in [3.05, 3.63) is 29.6 Å². The molecule has 2 rings (SSSR count). The van der Waals surface area contributed by atoms with Gasteiger partial charge in [0.15, 0.2) is 5.79 Å². The van der Waals surface area contributed by atoms with Gasteiger partial charge in [-0.25, -0.2) is 4.39 Å². The summed E-state index contributed by atoms with van der Waals surface area (Å²) >= 11 is 0. The van der Waals surface area contributed by atoms with Crippen LogP contribution < -0.4 is 5.32 Å². The number of phenols is 1. The third kappa shape index (κ3) is 3.42. The summed E-state index contributed by atoms with van der Waals surface area (Å²) in [5.74, 6) is -2.05. The van der Waals surface area contributed by atoms with Crippen LogP contribution in [-0.4, -0.2) is 36.1 Å². The number of hydrogen-bond acceptors (Lipinski definition) is 4. The molecular formula is C13H16FNO4. The molecule has 1 amide bonds. The van der Waals surface area contributed by atoms with Crippen molar-refractivity contribution < 1.29 is 23.8 Å². The van der Waals surface area contributed by atoms with Gasteiger partial charge in [-0.3, -0.25) is 4.79 Å². The minimum atomic E-state index is -0.656. The van der Waals surface area contributed by atoms with Crippen molar-refractivity contribution >= 4 is 5.91 Å². The largest absolute Gasteiger partial charge is 0.507 e. The molecule has 1 saturated heterocycles. The molecule has 19 heavy (non-hydrogen) atoms. The first-order valence-corrected chi connectivity index (χ1v) is 5.96. The second kappa shape index (κ2) is 5.14. The molecule has 0 saturated carbocycles. The Morgan fingerprint density at radius 3 is 2.95 bits per heavy atom. The van der Waals surface area contributed by atoms with E-state index < -0.39 is 17.5 Å². The summed E-state index contributed by atoms with van der Waals surface area (Å²) in [5, 5.41) is 12.1. The summed E-state index contributed by atoms with van der Waals surface area (Å²) in [6.45, 7) is 4.18. The van der Waals surface area contributed by atoms with Crippen molar-refractivity contribution in [3.63, 3.8) is 0 Å². The predicted octanol–water partition coefficient (Wildman–Crippen LogP) is 1.41.